The van der Waals surface area contributed by atoms with E-state index >= 15 is 0 Å². The summed E-state index contributed by atoms with van der Waals surface area (Å²) in [5.74, 6) is 1.41. The summed E-state index contributed by atoms with van der Waals surface area (Å²) in [7, 11) is 1.57. The smallest absolute Gasteiger partial charge is 0.239 e. The van der Waals surface area contributed by atoms with E-state index < -0.39 is 0 Å². The number of ether oxygens (including phenoxy) is 3. The molecule has 0 unspecified atom stereocenters. The maximum Gasteiger partial charge on any atom is 0.239 e. The maximum absolute atomic E-state index is 13.9. The zero-order chi connectivity index (χ0) is 24.0. The molecule has 0 atom stereocenters. The van der Waals surface area contributed by atoms with Gasteiger partial charge >= 0.3 is 0 Å². The molecule has 0 radical (unpaired) electrons. The van der Waals surface area contributed by atoms with Crippen LogP contribution >= 0.6 is 0 Å². The number of rotatable bonds is 8. The van der Waals surface area contributed by atoms with Crippen LogP contribution in [0.3, 0.4) is 0 Å². The van der Waals surface area contributed by atoms with Crippen molar-refractivity contribution in [2.24, 2.45) is 0 Å². The normalized spacial score (nSPS) is 10.8. The van der Waals surface area contributed by atoms with Crippen molar-refractivity contribution in [3.63, 3.8) is 0 Å². The van der Waals surface area contributed by atoms with Gasteiger partial charge in [0.05, 0.1) is 7.11 Å². The van der Waals surface area contributed by atoms with Crippen LogP contribution in [-0.4, -0.2) is 7.11 Å². The van der Waals surface area contributed by atoms with Gasteiger partial charge in [0, 0.05) is 17.7 Å². The second kappa shape index (κ2) is 10.2. The summed E-state index contributed by atoms with van der Waals surface area (Å²) in [6.07, 6.45) is 0. The van der Waals surface area contributed by atoms with Crippen LogP contribution in [0.4, 0.5) is 0 Å². The molecule has 1 aromatic heterocycles. The van der Waals surface area contributed by atoms with Gasteiger partial charge in [0.15, 0.2) is 5.76 Å². The van der Waals surface area contributed by atoms with E-state index in [2.05, 4.69) is 0 Å². The molecule has 0 spiro atoms. The molecule has 5 aromatic rings. The lowest BCUT2D eigenvalue weighted by atomic mass is 10.1. The third-order valence-corrected chi connectivity index (χ3v) is 5.63. The molecule has 0 saturated carbocycles. The molecule has 0 aliphatic heterocycles. The van der Waals surface area contributed by atoms with Gasteiger partial charge in [-0.15, -0.1) is 0 Å². The Hall–Kier alpha value is -4.51. The van der Waals surface area contributed by atoms with Crippen molar-refractivity contribution >= 4 is 11.0 Å². The minimum atomic E-state index is -0.299. The zero-order valence-electron chi connectivity index (χ0n) is 19.3. The first-order chi connectivity index (χ1) is 17.2. The highest BCUT2D eigenvalue weighted by Gasteiger charge is 2.22. The van der Waals surface area contributed by atoms with Crippen molar-refractivity contribution in [2.45, 2.75) is 13.2 Å². The molecule has 174 valence electrons. The lowest BCUT2D eigenvalue weighted by Gasteiger charge is -2.15. The molecule has 5 nitrogen and oxygen atoms in total. The molecule has 0 amide bonds. The number of benzene rings is 4. The quantitative estimate of drug-likeness (QED) is 0.258. The Kier molecular flexibility index (Phi) is 6.48. The zero-order valence-corrected chi connectivity index (χ0v) is 19.3. The van der Waals surface area contributed by atoms with E-state index in [1.54, 1.807) is 19.2 Å². The van der Waals surface area contributed by atoms with Gasteiger partial charge in [-0.25, -0.2) is 0 Å². The molecule has 1 heterocycles. The van der Waals surface area contributed by atoms with Crippen molar-refractivity contribution in [3.05, 3.63) is 124 Å². The molecule has 4 aromatic carbocycles. The lowest BCUT2D eigenvalue weighted by molar-refractivity contribution is 0.295. The van der Waals surface area contributed by atoms with Crippen molar-refractivity contribution in [3.8, 4) is 28.6 Å². The largest absolute Gasteiger partial charge is 0.496 e. The Morgan fingerprint density at radius 2 is 1.29 bits per heavy atom. The van der Waals surface area contributed by atoms with Crippen molar-refractivity contribution in [1.29, 1.82) is 0 Å². The van der Waals surface area contributed by atoms with E-state index in [4.69, 9.17) is 18.6 Å². The number of hydrogen-bond donors (Lipinski definition) is 0. The highest BCUT2D eigenvalue weighted by Crippen LogP contribution is 2.37. The Labute approximate surface area is 203 Å². The third-order valence-electron chi connectivity index (χ3n) is 5.63. The summed E-state index contributed by atoms with van der Waals surface area (Å²) in [5, 5.41) is 0.310. The van der Waals surface area contributed by atoms with Crippen LogP contribution in [0.2, 0.25) is 0 Å². The van der Waals surface area contributed by atoms with Gasteiger partial charge in [0.25, 0.3) is 0 Å². The van der Waals surface area contributed by atoms with Crippen LogP contribution in [-0.2, 0) is 13.2 Å². The minimum absolute atomic E-state index is 0.141. The molecule has 0 bridgehead atoms. The second-order valence-corrected chi connectivity index (χ2v) is 8.00. The summed E-state index contributed by atoms with van der Waals surface area (Å²) >= 11 is 0. The van der Waals surface area contributed by atoms with Crippen LogP contribution in [0.5, 0.6) is 17.2 Å². The molecule has 0 aliphatic carbocycles. The van der Waals surface area contributed by atoms with E-state index in [1.807, 2.05) is 91.0 Å². The van der Waals surface area contributed by atoms with Gasteiger partial charge in [0.2, 0.25) is 11.2 Å². The van der Waals surface area contributed by atoms with Crippen molar-refractivity contribution < 1.29 is 18.6 Å². The first-order valence-electron chi connectivity index (χ1n) is 11.3. The maximum atomic E-state index is 13.9. The highest BCUT2D eigenvalue weighted by molar-refractivity contribution is 5.88. The SMILES string of the molecule is COc1cc(OCc2ccccc2)c2c(=O)c(OCc3ccccc3)c(-c3ccccc3)oc2c1. The van der Waals surface area contributed by atoms with Crippen LogP contribution in [0.25, 0.3) is 22.3 Å². The van der Waals surface area contributed by atoms with E-state index in [-0.39, 0.29) is 17.8 Å². The van der Waals surface area contributed by atoms with E-state index in [1.165, 1.54) is 0 Å². The minimum Gasteiger partial charge on any atom is -0.496 e. The molecule has 35 heavy (non-hydrogen) atoms. The Morgan fingerprint density at radius 3 is 1.89 bits per heavy atom. The van der Waals surface area contributed by atoms with Gasteiger partial charge in [-0.2, -0.15) is 0 Å². The molecule has 0 fully saturated rings. The Morgan fingerprint density at radius 1 is 0.714 bits per heavy atom. The van der Waals surface area contributed by atoms with Crippen LogP contribution in [0, 0.1) is 0 Å². The van der Waals surface area contributed by atoms with Gasteiger partial charge in [-0.1, -0.05) is 91.0 Å². The highest BCUT2D eigenvalue weighted by atomic mass is 16.5. The van der Waals surface area contributed by atoms with E-state index in [0.29, 0.717) is 34.8 Å². The average molecular weight is 465 g/mol. The molecular weight excluding hydrogens is 440 g/mol. The van der Waals surface area contributed by atoms with E-state index in [9.17, 15) is 4.79 Å². The van der Waals surface area contributed by atoms with E-state index in [0.717, 1.165) is 16.7 Å². The van der Waals surface area contributed by atoms with Gasteiger partial charge < -0.3 is 18.6 Å². The summed E-state index contributed by atoms with van der Waals surface area (Å²) in [4.78, 5) is 13.9. The Balaban J connectivity index is 1.64. The molecule has 0 saturated heterocycles. The van der Waals surface area contributed by atoms with Crippen molar-refractivity contribution in [2.75, 3.05) is 7.11 Å². The lowest BCUT2D eigenvalue weighted by Crippen LogP contribution is -2.12. The fourth-order valence-corrected chi connectivity index (χ4v) is 3.85. The predicted octanol–water partition coefficient (Wildman–Crippen LogP) is 6.63. The molecular formula is C30H24O5. The standard InChI is InChI=1S/C30H24O5/c1-32-24-17-25(33-19-21-11-5-2-6-12-21)27-26(18-24)35-29(23-15-9-4-10-16-23)30(28(27)31)34-20-22-13-7-3-8-14-22/h2-18H,19-20H2,1H3. The summed E-state index contributed by atoms with van der Waals surface area (Å²) in [6, 6.07) is 32.3. The number of fused-ring (bicyclic) bond motifs is 1. The first kappa shape index (κ1) is 22.3. The number of methoxy groups -OCH3 is 1. The molecule has 0 N–H and O–H groups in total. The van der Waals surface area contributed by atoms with Crippen LogP contribution in [0.15, 0.2) is 112 Å². The molecule has 5 rings (SSSR count). The molecule has 0 aliphatic rings. The second-order valence-electron chi connectivity index (χ2n) is 8.00. The summed E-state index contributed by atoms with van der Waals surface area (Å²) < 4.78 is 24.0. The topological polar surface area (TPSA) is 57.9 Å². The monoisotopic (exact) mass is 464 g/mol. The predicted molar refractivity (Wildman–Crippen MR) is 136 cm³/mol. The van der Waals surface area contributed by atoms with Gasteiger partial charge in [0.1, 0.15) is 35.7 Å². The number of hydrogen-bond acceptors (Lipinski definition) is 5. The van der Waals surface area contributed by atoms with Gasteiger partial charge in [-0.3, -0.25) is 4.79 Å². The fourth-order valence-electron chi connectivity index (χ4n) is 3.85. The Bertz CT molecular complexity index is 1480. The van der Waals surface area contributed by atoms with Crippen LogP contribution in [0.1, 0.15) is 11.1 Å². The van der Waals surface area contributed by atoms with Crippen LogP contribution < -0.4 is 19.6 Å². The summed E-state index contributed by atoms with van der Waals surface area (Å²) in [6.45, 7) is 0.524. The van der Waals surface area contributed by atoms with Crippen molar-refractivity contribution in [1.82, 2.24) is 0 Å². The molecule has 5 heteroatoms. The van der Waals surface area contributed by atoms with Gasteiger partial charge in [-0.05, 0) is 11.1 Å². The average Bonchev–Trinajstić information content (AvgIpc) is 2.92. The summed E-state index contributed by atoms with van der Waals surface area (Å²) in [5.41, 5.74) is 2.73. The fraction of sp³-hybridized carbons (Fsp3) is 0.100. The third kappa shape index (κ3) is 4.89. The first-order valence-corrected chi connectivity index (χ1v) is 11.3.